The zero-order valence-electron chi connectivity index (χ0n) is 14.3. The van der Waals surface area contributed by atoms with E-state index in [1.165, 1.54) is 44.2 Å². The van der Waals surface area contributed by atoms with Gasteiger partial charge in [0.1, 0.15) is 0 Å². The molecule has 0 spiro atoms. The molecule has 0 aliphatic rings. The van der Waals surface area contributed by atoms with Gasteiger partial charge in [0.05, 0.1) is 0 Å². The molecule has 24 heavy (non-hydrogen) atoms. The number of phenolic OH excluding ortho intramolecular Hbond substituents is 3. The van der Waals surface area contributed by atoms with Gasteiger partial charge in [0, 0.05) is 6.42 Å². The van der Waals surface area contributed by atoms with Crippen LogP contribution in [-0.4, -0.2) is 26.4 Å². The highest BCUT2D eigenvalue weighted by Gasteiger charge is 2.07. The number of carbonyl (C=O) groups is 1. The highest BCUT2D eigenvalue weighted by molar-refractivity contribution is 5.66. The van der Waals surface area contributed by atoms with E-state index in [-0.39, 0.29) is 17.9 Å². The first-order valence-corrected chi connectivity index (χ1v) is 8.96. The molecule has 1 aromatic rings. The first kappa shape index (κ1) is 20.1. The second kappa shape index (κ2) is 11.6. The molecule has 0 saturated carbocycles. The Kier molecular flexibility index (Phi) is 9.73. The maximum atomic E-state index is 10.4. The Bertz CT molecular complexity index is 476. The monoisotopic (exact) mass is 338 g/mol. The Hall–Kier alpha value is -1.91. The Morgan fingerprint density at radius 3 is 1.58 bits per heavy atom. The van der Waals surface area contributed by atoms with E-state index < -0.39 is 11.7 Å². The molecule has 0 aliphatic heterocycles. The van der Waals surface area contributed by atoms with Crippen LogP contribution >= 0.6 is 0 Å². The summed E-state index contributed by atoms with van der Waals surface area (Å²) in [6, 6.07) is 3.00. The van der Waals surface area contributed by atoms with Gasteiger partial charge in [-0.15, -0.1) is 0 Å². The molecule has 5 nitrogen and oxygen atoms in total. The van der Waals surface area contributed by atoms with E-state index in [0.717, 1.165) is 44.1 Å². The maximum Gasteiger partial charge on any atom is 0.303 e. The van der Waals surface area contributed by atoms with Crippen LogP contribution in [0.5, 0.6) is 17.2 Å². The van der Waals surface area contributed by atoms with Crippen molar-refractivity contribution in [2.75, 3.05) is 0 Å². The standard InChI is InChI=1S/C19H30O5/c20-16-13-15(14-17(21)19(16)24)11-9-7-5-3-1-2-4-6-8-10-12-18(22)23/h13-14,20-21,24H,1-12H2,(H,22,23). The largest absolute Gasteiger partial charge is 0.504 e. The average Bonchev–Trinajstić information content (AvgIpc) is 2.53. The summed E-state index contributed by atoms with van der Waals surface area (Å²) < 4.78 is 0. The van der Waals surface area contributed by atoms with E-state index in [1.54, 1.807) is 0 Å². The van der Waals surface area contributed by atoms with Crippen LogP contribution in [0.2, 0.25) is 0 Å². The van der Waals surface area contributed by atoms with Crippen molar-refractivity contribution < 1.29 is 25.2 Å². The molecule has 1 rings (SSSR count). The molecule has 0 unspecified atom stereocenters. The SMILES string of the molecule is O=C(O)CCCCCCCCCCCCc1cc(O)c(O)c(O)c1. The number of aliphatic carboxylic acids is 1. The number of phenols is 3. The van der Waals surface area contributed by atoms with E-state index >= 15 is 0 Å². The number of aryl methyl sites for hydroxylation is 1. The van der Waals surface area contributed by atoms with Gasteiger partial charge in [0.25, 0.3) is 0 Å². The zero-order valence-corrected chi connectivity index (χ0v) is 14.3. The van der Waals surface area contributed by atoms with Crippen molar-refractivity contribution >= 4 is 5.97 Å². The van der Waals surface area contributed by atoms with Crippen molar-refractivity contribution in [3.05, 3.63) is 17.7 Å². The van der Waals surface area contributed by atoms with Crippen LogP contribution in [-0.2, 0) is 11.2 Å². The number of unbranched alkanes of at least 4 members (excludes halogenated alkanes) is 9. The molecular formula is C19H30O5. The predicted molar refractivity (Wildman–Crippen MR) is 93.6 cm³/mol. The number of hydrogen-bond acceptors (Lipinski definition) is 4. The molecule has 0 saturated heterocycles. The summed E-state index contributed by atoms with van der Waals surface area (Å²) in [5.41, 5.74) is 0.837. The van der Waals surface area contributed by atoms with Crippen LogP contribution in [0.15, 0.2) is 12.1 Å². The molecule has 136 valence electrons. The number of carboxylic acid groups (broad SMARTS) is 1. The molecule has 4 N–H and O–H groups in total. The minimum absolute atomic E-state index is 0.270. The van der Waals surface area contributed by atoms with E-state index in [0.29, 0.717) is 0 Å². The third kappa shape index (κ3) is 8.65. The molecule has 0 aromatic heterocycles. The minimum atomic E-state index is -0.701. The van der Waals surface area contributed by atoms with Gasteiger partial charge in [-0.1, -0.05) is 51.4 Å². The quantitative estimate of drug-likeness (QED) is 0.308. The molecule has 0 amide bonds. The Morgan fingerprint density at radius 1 is 0.708 bits per heavy atom. The number of rotatable bonds is 13. The van der Waals surface area contributed by atoms with Crippen molar-refractivity contribution in [1.82, 2.24) is 0 Å². The lowest BCUT2D eigenvalue weighted by Gasteiger charge is -2.06. The van der Waals surface area contributed by atoms with Gasteiger partial charge in [-0.2, -0.15) is 0 Å². The third-order valence-corrected chi connectivity index (χ3v) is 4.24. The van der Waals surface area contributed by atoms with Crippen LogP contribution < -0.4 is 0 Å². The lowest BCUT2D eigenvalue weighted by Crippen LogP contribution is -1.93. The van der Waals surface area contributed by atoms with Crippen LogP contribution in [0.3, 0.4) is 0 Å². The molecule has 0 radical (unpaired) electrons. The van der Waals surface area contributed by atoms with E-state index in [1.807, 2.05) is 0 Å². The molecule has 0 bridgehead atoms. The van der Waals surface area contributed by atoms with Crippen LogP contribution in [0.1, 0.15) is 76.2 Å². The molecule has 0 aliphatic carbocycles. The maximum absolute atomic E-state index is 10.4. The van der Waals surface area contributed by atoms with Crippen molar-refractivity contribution in [3.8, 4) is 17.2 Å². The highest BCUT2D eigenvalue weighted by Crippen LogP contribution is 2.35. The van der Waals surface area contributed by atoms with Crippen molar-refractivity contribution in [1.29, 1.82) is 0 Å². The van der Waals surface area contributed by atoms with Gasteiger partial charge in [0.15, 0.2) is 17.2 Å². The van der Waals surface area contributed by atoms with Crippen molar-refractivity contribution in [2.45, 2.75) is 77.0 Å². The van der Waals surface area contributed by atoms with Crippen molar-refractivity contribution in [3.63, 3.8) is 0 Å². The van der Waals surface area contributed by atoms with Gasteiger partial charge in [-0.3, -0.25) is 4.79 Å². The smallest absolute Gasteiger partial charge is 0.303 e. The van der Waals surface area contributed by atoms with E-state index in [2.05, 4.69) is 0 Å². The Morgan fingerprint density at radius 2 is 1.12 bits per heavy atom. The topological polar surface area (TPSA) is 98.0 Å². The Balaban J connectivity index is 1.95. The van der Waals surface area contributed by atoms with Gasteiger partial charge >= 0.3 is 5.97 Å². The summed E-state index contributed by atoms with van der Waals surface area (Å²) in [6.45, 7) is 0. The number of aromatic hydroxyl groups is 3. The molecular weight excluding hydrogens is 308 g/mol. The molecule has 1 aromatic carbocycles. The van der Waals surface area contributed by atoms with Gasteiger partial charge in [-0.25, -0.2) is 0 Å². The summed E-state index contributed by atoms with van der Waals surface area (Å²) in [5.74, 6) is -1.70. The summed E-state index contributed by atoms with van der Waals surface area (Å²) >= 11 is 0. The molecule has 5 heteroatoms. The molecule has 0 atom stereocenters. The first-order valence-electron chi connectivity index (χ1n) is 8.96. The lowest BCUT2D eigenvalue weighted by molar-refractivity contribution is -0.137. The van der Waals surface area contributed by atoms with E-state index in [4.69, 9.17) is 5.11 Å². The average molecular weight is 338 g/mol. The van der Waals surface area contributed by atoms with Crippen LogP contribution in [0, 0.1) is 0 Å². The van der Waals surface area contributed by atoms with Crippen LogP contribution in [0.25, 0.3) is 0 Å². The van der Waals surface area contributed by atoms with Gasteiger partial charge in [-0.05, 0) is 37.0 Å². The van der Waals surface area contributed by atoms with Gasteiger partial charge < -0.3 is 20.4 Å². The molecule has 0 fully saturated rings. The van der Waals surface area contributed by atoms with Crippen molar-refractivity contribution in [2.24, 2.45) is 0 Å². The lowest BCUT2D eigenvalue weighted by atomic mass is 10.0. The molecule has 0 heterocycles. The van der Waals surface area contributed by atoms with E-state index in [9.17, 15) is 20.1 Å². The fourth-order valence-electron chi connectivity index (χ4n) is 2.82. The fourth-order valence-corrected chi connectivity index (χ4v) is 2.82. The summed E-state index contributed by atoms with van der Waals surface area (Å²) in [6.07, 6.45) is 12.1. The van der Waals surface area contributed by atoms with Crippen LogP contribution in [0.4, 0.5) is 0 Å². The number of hydrogen-bond donors (Lipinski definition) is 4. The zero-order chi connectivity index (χ0) is 17.8. The summed E-state index contributed by atoms with van der Waals surface area (Å²) in [7, 11) is 0. The summed E-state index contributed by atoms with van der Waals surface area (Å²) in [5, 5.41) is 36.7. The van der Waals surface area contributed by atoms with Gasteiger partial charge in [0.2, 0.25) is 0 Å². The Labute approximate surface area is 144 Å². The first-order chi connectivity index (χ1) is 11.5. The number of carboxylic acids is 1. The normalized spacial score (nSPS) is 10.8. The highest BCUT2D eigenvalue weighted by atomic mass is 16.4. The minimum Gasteiger partial charge on any atom is -0.504 e. The summed E-state index contributed by atoms with van der Waals surface area (Å²) in [4.78, 5) is 10.4. The fraction of sp³-hybridized carbons (Fsp3) is 0.632. The second-order valence-corrected chi connectivity index (χ2v) is 6.41. The second-order valence-electron chi connectivity index (χ2n) is 6.41. The number of benzene rings is 1. The predicted octanol–water partition coefficient (Wildman–Crippen LogP) is 4.72. The third-order valence-electron chi connectivity index (χ3n) is 4.24.